The van der Waals surface area contributed by atoms with Gasteiger partial charge >= 0.3 is 0 Å². The molecule has 0 aliphatic heterocycles. The molecule has 0 fully saturated rings. The first-order valence-corrected chi connectivity index (χ1v) is 7.12. The predicted octanol–water partition coefficient (Wildman–Crippen LogP) is 2.31. The lowest BCUT2D eigenvalue weighted by Gasteiger charge is -2.02. The van der Waals surface area contributed by atoms with Crippen LogP contribution in [0.1, 0.15) is 31.9 Å². The molecule has 1 aromatic carbocycles. The number of aryl methyl sites for hydroxylation is 1. The maximum atomic E-state index is 8.72. The number of benzene rings is 1. The largest absolute Gasteiger partial charge is 0.396 e. The third-order valence-electron chi connectivity index (χ3n) is 3.34. The highest BCUT2D eigenvalue weighted by atomic mass is 16.2. The highest BCUT2D eigenvalue weighted by molar-refractivity contribution is 5.81. The van der Waals surface area contributed by atoms with Crippen LogP contribution in [0.2, 0.25) is 0 Å². The first kappa shape index (κ1) is 14.0. The quantitative estimate of drug-likeness (QED) is 0.717. The smallest absolute Gasteiger partial charge is 0.0841 e. The molecule has 0 bridgehead atoms. The fraction of sp³-hybridized carbons (Fsp3) is 0.533. The molecular formula is C15H23N3O. The van der Waals surface area contributed by atoms with E-state index in [1.807, 2.05) is 0 Å². The molecule has 2 rings (SSSR count). The van der Waals surface area contributed by atoms with Crippen LogP contribution >= 0.6 is 0 Å². The van der Waals surface area contributed by atoms with Gasteiger partial charge in [-0.25, -0.2) is 0 Å². The SMILES string of the molecule is CCn1nc(CNCCCCCO)c2ccccc21. The molecule has 0 radical (unpaired) electrons. The second-order valence-corrected chi connectivity index (χ2v) is 4.74. The Hall–Kier alpha value is -1.39. The van der Waals surface area contributed by atoms with E-state index in [0.29, 0.717) is 6.61 Å². The van der Waals surface area contributed by atoms with Crippen molar-refractivity contribution in [3.63, 3.8) is 0 Å². The van der Waals surface area contributed by atoms with E-state index in [-0.39, 0.29) is 0 Å². The zero-order valence-electron chi connectivity index (χ0n) is 11.6. The molecule has 0 saturated heterocycles. The molecule has 1 aromatic heterocycles. The zero-order chi connectivity index (χ0) is 13.5. The number of hydrogen-bond donors (Lipinski definition) is 2. The van der Waals surface area contributed by atoms with Crippen LogP contribution < -0.4 is 5.32 Å². The number of nitrogens with zero attached hydrogens (tertiary/aromatic N) is 2. The van der Waals surface area contributed by atoms with Gasteiger partial charge in [0.15, 0.2) is 0 Å². The van der Waals surface area contributed by atoms with E-state index in [4.69, 9.17) is 5.11 Å². The minimum Gasteiger partial charge on any atom is -0.396 e. The lowest BCUT2D eigenvalue weighted by atomic mass is 10.2. The maximum absolute atomic E-state index is 8.72. The molecule has 4 nitrogen and oxygen atoms in total. The van der Waals surface area contributed by atoms with Crippen LogP contribution in [0, 0.1) is 0 Å². The summed E-state index contributed by atoms with van der Waals surface area (Å²) in [5.41, 5.74) is 2.33. The van der Waals surface area contributed by atoms with Crippen molar-refractivity contribution in [2.45, 2.75) is 39.3 Å². The van der Waals surface area contributed by atoms with Gasteiger partial charge in [-0.1, -0.05) is 18.2 Å². The molecule has 0 aliphatic carbocycles. The summed E-state index contributed by atoms with van der Waals surface area (Å²) in [4.78, 5) is 0. The van der Waals surface area contributed by atoms with E-state index in [2.05, 4.69) is 46.3 Å². The van der Waals surface area contributed by atoms with Crippen molar-refractivity contribution in [2.24, 2.45) is 0 Å². The lowest BCUT2D eigenvalue weighted by molar-refractivity contribution is 0.283. The third kappa shape index (κ3) is 3.55. The van der Waals surface area contributed by atoms with Crippen LogP contribution in [-0.4, -0.2) is 28.0 Å². The van der Waals surface area contributed by atoms with Gasteiger partial charge in [0, 0.05) is 25.1 Å². The van der Waals surface area contributed by atoms with Crippen molar-refractivity contribution in [3.8, 4) is 0 Å². The van der Waals surface area contributed by atoms with Crippen molar-refractivity contribution in [1.29, 1.82) is 0 Å². The minimum atomic E-state index is 0.297. The van der Waals surface area contributed by atoms with E-state index in [0.717, 1.165) is 44.6 Å². The Morgan fingerprint density at radius 1 is 1.21 bits per heavy atom. The molecule has 0 amide bonds. The first-order valence-electron chi connectivity index (χ1n) is 7.12. The molecule has 2 N–H and O–H groups in total. The summed E-state index contributed by atoms with van der Waals surface area (Å²) in [6, 6.07) is 8.38. The van der Waals surface area contributed by atoms with E-state index in [1.165, 1.54) is 10.9 Å². The highest BCUT2D eigenvalue weighted by Gasteiger charge is 2.07. The zero-order valence-corrected chi connectivity index (χ0v) is 11.6. The molecule has 1 heterocycles. The molecular weight excluding hydrogens is 238 g/mol. The van der Waals surface area contributed by atoms with Crippen molar-refractivity contribution in [1.82, 2.24) is 15.1 Å². The van der Waals surface area contributed by atoms with E-state index in [9.17, 15) is 0 Å². The van der Waals surface area contributed by atoms with E-state index < -0.39 is 0 Å². The van der Waals surface area contributed by atoms with Crippen LogP contribution in [0.25, 0.3) is 10.9 Å². The molecule has 104 valence electrons. The average Bonchev–Trinajstić information content (AvgIpc) is 2.81. The van der Waals surface area contributed by atoms with Gasteiger partial charge in [-0.05, 0) is 38.8 Å². The summed E-state index contributed by atoms with van der Waals surface area (Å²) < 4.78 is 2.05. The standard InChI is InChI=1S/C15H23N3O/c1-2-18-15-9-5-4-8-13(15)14(17-18)12-16-10-6-3-7-11-19/h4-5,8-9,16,19H,2-3,6-7,10-12H2,1H3. The Bertz CT molecular complexity index is 507. The number of hydrogen-bond acceptors (Lipinski definition) is 3. The number of para-hydroxylation sites is 1. The van der Waals surface area contributed by atoms with Crippen molar-refractivity contribution in [2.75, 3.05) is 13.2 Å². The van der Waals surface area contributed by atoms with Gasteiger partial charge in [-0.3, -0.25) is 4.68 Å². The predicted molar refractivity (Wildman–Crippen MR) is 78.1 cm³/mol. The Kier molecular flexibility index (Phi) is 5.36. The van der Waals surface area contributed by atoms with Gasteiger partial charge in [0.25, 0.3) is 0 Å². The van der Waals surface area contributed by atoms with Crippen molar-refractivity contribution in [3.05, 3.63) is 30.0 Å². The first-order chi connectivity index (χ1) is 9.36. The van der Waals surface area contributed by atoms with Crippen LogP contribution in [0.3, 0.4) is 0 Å². The van der Waals surface area contributed by atoms with Crippen LogP contribution in [0.5, 0.6) is 0 Å². The number of fused-ring (bicyclic) bond motifs is 1. The summed E-state index contributed by atoms with van der Waals surface area (Å²) >= 11 is 0. The third-order valence-corrected chi connectivity index (χ3v) is 3.34. The fourth-order valence-electron chi connectivity index (χ4n) is 2.31. The summed E-state index contributed by atoms with van der Waals surface area (Å²) in [6.45, 7) is 5.11. The summed E-state index contributed by atoms with van der Waals surface area (Å²) in [5, 5.41) is 18.0. The highest BCUT2D eigenvalue weighted by Crippen LogP contribution is 2.18. The number of rotatable bonds is 8. The van der Waals surface area contributed by atoms with Gasteiger partial charge in [0.1, 0.15) is 0 Å². The Morgan fingerprint density at radius 3 is 2.84 bits per heavy atom. The van der Waals surface area contributed by atoms with Crippen LogP contribution in [-0.2, 0) is 13.1 Å². The second-order valence-electron chi connectivity index (χ2n) is 4.74. The number of aromatic nitrogens is 2. The van der Waals surface area contributed by atoms with Gasteiger partial charge in [-0.2, -0.15) is 5.10 Å². The number of aliphatic hydroxyl groups is 1. The van der Waals surface area contributed by atoms with Crippen molar-refractivity contribution < 1.29 is 5.11 Å². The van der Waals surface area contributed by atoms with E-state index >= 15 is 0 Å². The minimum absolute atomic E-state index is 0.297. The molecule has 0 atom stereocenters. The molecule has 2 aromatic rings. The van der Waals surface area contributed by atoms with E-state index in [1.54, 1.807) is 0 Å². The van der Waals surface area contributed by atoms with Crippen LogP contribution in [0.4, 0.5) is 0 Å². The monoisotopic (exact) mass is 261 g/mol. The average molecular weight is 261 g/mol. The number of aliphatic hydroxyl groups excluding tert-OH is 1. The summed E-state index contributed by atoms with van der Waals surface area (Å²) in [7, 11) is 0. The molecule has 0 unspecified atom stereocenters. The Morgan fingerprint density at radius 2 is 2.05 bits per heavy atom. The maximum Gasteiger partial charge on any atom is 0.0841 e. The lowest BCUT2D eigenvalue weighted by Crippen LogP contribution is -2.15. The number of nitrogens with one attached hydrogen (secondary N) is 1. The van der Waals surface area contributed by atoms with Gasteiger partial charge in [0.05, 0.1) is 11.2 Å². The molecule has 0 spiro atoms. The molecule has 4 heteroatoms. The topological polar surface area (TPSA) is 50.1 Å². The Balaban J connectivity index is 1.93. The summed E-state index contributed by atoms with van der Waals surface area (Å²) in [6.07, 6.45) is 3.08. The normalized spacial score (nSPS) is 11.3. The molecule has 0 saturated carbocycles. The second kappa shape index (κ2) is 7.26. The molecule has 0 aliphatic rings. The van der Waals surface area contributed by atoms with Gasteiger partial charge < -0.3 is 10.4 Å². The fourth-order valence-corrected chi connectivity index (χ4v) is 2.31. The number of unbranched alkanes of at least 4 members (excludes halogenated alkanes) is 2. The molecule has 19 heavy (non-hydrogen) atoms. The summed E-state index contributed by atoms with van der Waals surface area (Å²) in [5.74, 6) is 0. The van der Waals surface area contributed by atoms with Crippen LogP contribution in [0.15, 0.2) is 24.3 Å². The van der Waals surface area contributed by atoms with Gasteiger partial charge in [-0.15, -0.1) is 0 Å². The van der Waals surface area contributed by atoms with Gasteiger partial charge in [0.2, 0.25) is 0 Å². The van der Waals surface area contributed by atoms with Crippen molar-refractivity contribution >= 4 is 10.9 Å². The Labute approximate surface area is 114 Å².